The number of carbonyl (C=O) groups is 2. The van der Waals surface area contributed by atoms with Crippen LogP contribution in [0.3, 0.4) is 0 Å². The SMILES string of the molecule is CC1(C)CCN(C(=O)c2ccc(OCCCCC3CCN(C(=O)[C@](O)(c4ccccc4)C(F)(F)F)CC3)cc2Cl)C1. The third-order valence-corrected chi connectivity index (χ3v) is 8.54. The monoisotopic (exact) mass is 594 g/mol. The highest BCUT2D eigenvalue weighted by molar-refractivity contribution is 6.34. The van der Waals surface area contributed by atoms with Crippen LogP contribution < -0.4 is 4.74 Å². The van der Waals surface area contributed by atoms with Crippen molar-refractivity contribution in [1.82, 2.24) is 9.80 Å². The van der Waals surface area contributed by atoms with E-state index in [-0.39, 0.29) is 30.3 Å². The Kier molecular flexibility index (Phi) is 9.59. The second-order valence-electron chi connectivity index (χ2n) is 11.9. The van der Waals surface area contributed by atoms with Crippen LogP contribution in [0.5, 0.6) is 5.75 Å². The zero-order valence-corrected chi connectivity index (χ0v) is 24.3. The molecule has 2 fully saturated rings. The summed E-state index contributed by atoms with van der Waals surface area (Å²) in [6.45, 7) is 6.53. The molecule has 224 valence electrons. The highest BCUT2D eigenvalue weighted by Crippen LogP contribution is 2.41. The van der Waals surface area contributed by atoms with Crippen molar-refractivity contribution in [2.24, 2.45) is 11.3 Å². The third-order valence-electron chi connectivity index (χ3n) is 8.22. The Bertz CT molecular complexity index is 1220. The number of benzene rings is 2. The fourth-order valence-electron chi connectivity index (χ4n) is 5.68. The number of ether oxygens (including phenoxy) is 1. The molecule has 41 heavy (non-hydrogen) atoms. The Labute approximate surface area is 244 Å². The van der Waals surface area contributed by atoms with Crippen molar-refractivity contribution >= 4 is 23.4 Å². The molecule has 1 atom stereocenters. The summed E-state index contributed by atoms with van der Waals surface area (Å²) in [7, 11) is 0. The molecule has 0 unspecified atom stereocenters. The van der Waals surface area contributed by atoms with Crippen molar-refractivity contribution in [3.05, 3.63) is 64.7 Å². The van der Waals surface area contributed by atoms with E-state index in [0.717, 1.165) is 49.3 Å². The summed E-state index contributed by atoms with van der Waals surface area (Å²) in [5.41, 5.74) is -3.45. The van der Waals surface area contributed by atoms with Crippen LogP contribution in [0.15, 0.2) is 48.5 Å². The van der Waals surface area contributed by atoms with Gasteiger partial charge in [0, 0.05) is 31.7 Å². The molecule has 0 spiro atoms. The number of rotatable bonds is 9. The second kappa shape index (κ2) is 12.6. The minimum Gasteiger partial charge on any atom is -0.494 e. The average molecular weight is 595 g/mol. The van der Waals surface area contributed by atoms with Crippen molar-refractivity contribution in [3.63, 3.8) is 0 Å². The van der Waals surface area contributed by atoms with Crippen LogP contribution in [0.1, 0.15) is 68.3 Å². The van der Waals surface area contributed by atoms with Crippen LogP contribution in [0.4, 0.5) is 13.2 Å². The van der Waals surface area contributed by atoms with Crippen molar-refractivity contribution in [2.75, 3.05) is 32.8 Å². The molecule has 2 saturated heterocycles. The van der Waals surface area contributed by atoms with E-state index in [1.54, 1.807) is 18.2 Å². The van der Waals surface area contributed by atoms with E-state index in [1.807, 2.05) is 4.90 Å². The van der Waals surface area contributed by atoms with Gasteiger partial charge in [0.15, 0.2) is 0 Å². The van der Waals surface area contributed by atoms with Gasteiger partial charge in [0.2, 0.25) is 0 Å². The number of nitrogens with zero attached hydrogens (tertiary/aromatic N) is 2. The molecule has 0 saturated carbocycles. The first-order valence-electron chi connectivity index (χ1n) is 14.2. The summed E-state index contributed by atoms with van der Waals surface area (Å²) in [4.78, 5) is 28.7. The fraction of sp³-hybridized carbons (Fsp3) is 0.548. The lowest BCUT2D eigenvalue weighted by Gasteiger charge is -2.38. The van der Waals surface area contributed by atoms with Crippen LogP contribution in [-0.4, -0.2) is 65.7 Å². The molecular formula is C31H38ClF3N2O4. The van der Waals surface area contributed by atoms with Crippen LogP contribution in [0.2, 0.25) is 5.02 Å². The lowest BCUT2D eigenvalue weighted by molar-refractivity contribution is -0.262. The van der Waals surface area contributed by atoms with E-state index in [1.165, 1.54) is 18.2 Å². The summed E-state index contributed by atoms with van der Waals surface area (Å²) in [5.74, 6) is -0.512. The van der Waals surface area contributed by atoms with Gasteiger partial charge >= 0.3 is 6.18 Å². The van der Waals surface area contributed by atoms with Gasteiger partial charge in [0.25, 0.3) is 17.4 Å². The summed E-state index contributed by atoms with van der Waals surface area (Å²) in [6, 6.07) is 11.6. The van der Waals surface area contributed by atoms with Gasteiger partial charge in [-0.3, -0.25) is 9.59 Å². The van der Waals surface area contributed by atoms with Gasteiger partial charge in [-0.05, 0) is 61.6 Å². The van der Waals surface area contributed by atoms with E-state index < -0.39 is 23.2 Å². The van der Waals surface area contributed by atoms with E-state index in [2.05, 4.69) is 13.8 Å². The standard InChI is InChI=1S/C31H38ClF3N2O4/c1-29(2)15-18-37(21-29)27(38)25-12-11-24(20-26(25)32)41-19-7-6-8-22-13-16-36(17-14-22)28(39)30(40,31(33,34)35)23-9-4-3-5-10-23/h3-5,9-12,20,22,40H,6-8,13-19,21H2,1-2H3/t30-/m1/s1. The number of alkyl halides is 3. The van der Waals surface area contributed by atoms with Crippen molar-refractivity contribution in [1.29, 1.82) is 0 Å². The maximum Gasteiger partial charge on any atom is 0.430 e. The number of carbonyl (C=O) groups excluding carboxylic acids is 2. The number of halogens is 4. The molecule has 1 N–H and O–H groups in total. The van der Waals surface area contributed by atoms with E-state index in [0.29, 0.717) is 42.3 Å². The number of unbranched alkanes of at least 4 members (excludes halogenated alkanes) is 1. The van der Waals surface area contributed by atoms with E-state index in [9.17, 15) is 27.9 Å². The highest BCUT2D eigenvalue weighted by atomic mass is 35.5. The van der Waals surface area contributed by atoms with Gasteiger partial charge in [0.1, 0.15) is 5.75 Å². The molecule has 2 heterocycles. The Morgan fingerprint density at radius 2 is 1.71 bits per heavy atom. The predicted octanol–water partition coefficient (Wildman–Crippen LogP) is 6.45. The first kappa shape index (κ1) is 31.2. The molecule has 10 heteroatoms. The second-order valence-corrected chi connectivity index (χ2v) is 12.3. The molecule has 4 rings (SSSR count). The maximum absolute atomic E-state index is 13.9. The van der Waals surface area contributed by atoms with Gasteiger partial charge in [-0.25, -0.2) is 0 Å². The van der Waals surface area contributed by atoms with Crippen molar-refractivity contribution < 1.29 is 32.6 Å². The van der Waals surface area contributed by atoms with Gasteiger partial charge in [-0.1, -0.05) is 62.2 Å². The highest BCUT2D eigenvalue weighted by Gasteiger charge is 2.62. The summed E-state index contributed by atoms with van der Waals surface area (Å²) >= 11 is 6.40. The molecule has 2 amide bonds. The topological polar surface area (TPSA) is 70.1 Å². The van der Waals surface area contributed by atoms with Crippen molar-refractivity contribution in [2.45, 2.75) is 64.1 Å². The first-order valence-corrected chi connectivity index (χ1v) is 14.6. The summed E-state index contributed by atoms with van der Waals surface area (Å²) < 4.78 is 47.4. The Balaban J connectivity index is 1.19. The molecule has 2 aliphatic rings. The van der Waals surface area contributed by atoms with Gasteiger partial charge in [-0.15, -0.1) is 0 Å². The van der Waals surface area contributed by atoms with Crippen LogP contribution in [0.25, 0.3) is 0 Å². The first-order chi connectivity index (χ1) is 19.3. The maximum atomic E-state index is 13.9. The molecule has 0 bridgehead atoms. The normalized spacial score (nSPS) is 19.2. The van der Waals surface area contributed by atoms with Gasteiger partial charge < -0.3 is 19.6 Å². The average Bonchev–Trinajstić information content (AvgIpc) is 3.31. The minimum atomic E-state index is -5.13. The smallest absolute Gasteiger partial charge is 0.430 e. The molecular weight excluding hydrogens is 557 g/mol. The fourth-order valence-corrected chi connectivity index (χ4v) is 5.93. The number of hydrogen-bond acceptors (Lipinski definition) is 4. The molecule has 2 aliphatic heterocycles. The number of piperidine rings is 1. The number of amides is 2. The van der Waals surface area contributed by atoms with Crippen LogP contribution in [0, 0.1) is 11.3 Å². The predicted molar refractivity (Wildman–Crippen MR) is 151 cm³/mol. The molecule has 2 aromatic carbocycles. The van der Waals surface area contributed by atoms with Gasteiger partial charge in [0.05, 0.1) is 17.2 Å². The molecule has 2 aromatic rings. The third kappa shape index (κ3) is 7.17. The van der Waals surface area contributed by atoms with Crippen LogP contribution in [-0.2, 0) is 10.4 Å². The molecule has 0 aromatic heterocycles. The van der Waals surface area contributed by atoms with Crippen LogP contribution >= 0.6 is 11.6 Å². The van der Waals surface area contributed by atoms with E-state index in [4.69, 9.17) is 16.3 Å². The zero-order chi connectivity index (χ0) is 29.8. The molecule has 6 nitrogen and oxygen atoms in total. The zero-order valence-electron chi connectivity index (χ0n) is 23.6. The van der Waals surface area contributed by atoms with Gasteiger partial charge in [-0.2, -0.15) is 13.2 Å². The van der Waals surface area contributed by atoms with Crippen molar-refractivity contribution in [3.8, 4) is 5.75 Å². The lowest BCUT2D eigenvalue weighted by atomic mass is 9.88. The summed E-state index contributed by atoms with van der Waals surface area (Å²) in [6.07, 6.45) is -0.499. The Hall–Kier alpha value is -2.78. The quantitative estimate of drug-likeness (QED) is 0.339. The lowest BCUT2D eigenvalue weighted by Crippen LogP contribution is -2.57. The molecule has 0 aliphatic carbocycles. The largest absolute Gasteiger partial charge is 0.494 e. The number of likely N-dealkylation sites (tertiary alicyclic amines) is 2. The number of aliphatic hydroxyl groups is 1. The summed E-state index contributed by atoms with van der Waals surface area (Å²) in [5, 5.41) is 10.9. The Morgan fingerprint density at radius 3 is 2.29 bits per heavy atom. The molecule has 0 radical (unpaired) electrons. The Morgan fingerprint density at radius 1 is 1.02 bits per heavy atom. The van der Waals surface area contributed by atoms with E-state index >= 15 is 0 Å². The number of hydrogen-bond donors (Lipinski definition) is 1. The minimum absolute atomic E-state index is 0.0666.